The first kappa shape index (κ1) is 19.5. The van der Waals surface area contributed by atoms with Crippen molar-refractivity contribution >= 4 is 17.5 Å². The van der Waals surface area contributed by atoms with Crippen molar-refractivity contribution < 1.29 is 14.3 Å². The van der Waals surface area contributed by atoms with Gasteiger partial charge in [0.15, 0.2) is 6.61 Å². The molecule has 1 N–H and O–H groups in total. The Balaban J connectivity index is 1.32. The Bertz CT molecular complexity index is 909. The summed E-state index contributed by atoms with van der Waals surface area (Å²) in [6.07, 6.45) is 6.27. The molecular weight excluding hydrogens is 364 g/mol. The fourth-order valence-electron chi connectivity index (χ4n) is 4.20. The maximum atomic E-state index is 12.4. The van der Waals surface area contributed by atoms with E-state index in [1.807, 2.05) is 31.2 Å². The molecule has 1 aliphatic carbocycles. The summed E-state index contributed by atoms with van der Waals surface area (Å²) in [5, 5.41) is 3.02. The number of nitrogens with zero attached hydrogens (tertiary/aromatic N) is 1. The molecule has 0 saturated carbocycles. The molecule has 1 aliphatic heterocycles. The normalized spacial score (nSPS) is 17.0. The molecule has 2 aromatic rings. The Kier molecular flexibility index (Phi) is 5.84. The van der Waals surface area contributed by atoms with Crippen LogP contribution in [-0.4, -0.2) is 25.0 Å². The van der Waals surface area contributed by atoms with Gasteiger partial charge >= 0.3 is 0 Å². The lowest BCUT2D eigenvalue weighted by Gasteiger charge is -2.20. The number of carbonyl (C=O) groups excluding carboxylic acids is 2. The van der Waals surface area contributed by atoms with E-state index >= 15 is 0 Å². The van der Waals surface area contributed by atoms with Crippen molar-refractivity contribution in [3.63, 3.8) is 0 Å². The van der Waals surface area contributed by atoms with E-state index in [1.54, 1.807) is 4.90 Å². The highest BCUT2D eigenvalue weighted by Crippen LogP contribution is 2.26. The number of amides is 2. The predicted octanol–water partition coefficient (Wildman–Crippen LogP) is 3.95. The molecular formula is C24H28N2O3. The molecule has 2 aliphatic rings. The summed E-state index contributed by atoms with van der Waals surface area (Å²) >= 11 is 0. The van der Waals surface area contributed by atoms with Crippen LogP contribution < -0.4 is 15.0 Å². The van der Waals surface area contributed by atoms with Crippen LogP contribution in [-0.2, 0) is 22.4 Å². The quantitative estimate of drug-likeness (QED) is 0.810. The fraction of sp³-hybridized carbons (Fsp3) is 0.417. The molecule has 0 unspecified atom stereocenters. The molecule has 2 aromatic carbocycles. The van der Waals surface area contributed by atoms with Crippen LogP contribution in [0.5, 0.6) is 5.75 Å². The van der Waals surface area contributed by atoms with Crippen LogP contribution in [0.15, 0.2) is 42.5 Å². The van der Waals surface area contributed by atoms with E-state index in [0.717, 1.165) is 37.1 Å². The minimum Gasteiger partial charge on any atom is -0.484 e. The zero-order chi connectivity index (χ0) is 20.2. The van der Waals surface area contributed by atoms with Gasteiger partial charge in [0.1, 0.15) is 5.75 Å². The first-order valence-corrected chi connectivity index (χ1v) is 10.5. The van der Waals surface area contributed by atoms with E-state index < -0.39 is 0 Å². The van der Waals surface area contributed by atoms with Crippen molar-refractivity contribution in [3.8, 4) is 5.75 Å². The van der Waals surface area contributed by atoms with Gasteiger partial charge < -0.3 is 15.0 Å². The first-order valence-electron chi connectivity index (χ1n) is 10.5. The largest absolute Gasteiger partial charge is 0.484 e. The predicted molar refractivity (Wildman–Crippen MR) is 113 cm³/mol. The standard InChI is InChI=1S/C24H28N2O3/c1-17(19-12-11-18-6-2-3-7-20(18)14-19)25-23(27)16-29-22-9-4-8-21(15-22)26-13-5-10-24(26)28/h4,8-9,11-12,14-15,17H,2-3,5-7,10,13,16H2,1H3,(H,25,27)/t17-/m1/s1. The zero-order valence-corrected chi connectivity index (χ0v) is 16.9. The molecule has 1 saturated heterocycles. The lowest BCUT2D eigenvalue weighted by atomic mass is 9.89. The summed E-state index contributed by atoms with van der Waals surface area (Å²) in [5.74, 6) is 0.579. The number of anilines is 1. The Labute approximate surface area is 172 Å². The van der Waals surface area contributed by atoms with Gasteiger partial charge in [-0.15, -0.1) is 0 Å². The van der Waals surface area contributed by atoms with E-state index in [9.17, 15) is 9.59 Å². The highest BCUT2D eigenvalue weighted by Gasteiger charge is 2.22. The Morgan fingerprint density at radius 1 is 1.07 bits per heavy atom. The van der Waals surface area contributed by atoms with Crippen molar-refractivity contribution in [1.82, 2.24) is 5.32 Å². The topological polar surface area (TPSA) is 58.6 Å². The number of hydrogen-bond acceptors (Lipinski definition) is 3. The fourth-order valence-corrected chi connectivity index (χ4v) is 4.20. The molecule has 5 heteroatoms. The summed E-state index contributed by atoms with van der Waals surface area (Å²) in [5.41, 5.74) is 4.82. The molecule has 2 amide bonds. The van der Waals surface area contributed by atoms with Crippen LogP contribution in [0.4, 0.5) is 5.69 Å². The summed E-state index contributed by atoms with van der Waals surface area (Å²) in [7, 11) is 0. The summed E-state index contributed by atoms with van der Waals surface area (Å²) in [4.78, 5) is 26.1. The van der Waals surface area contributed by atoms with Crippen LogP contribution >= 0.6 is 0 Å². The highest BCUT2D eigenvalue weighted by atomic mass is 16.5. The van der Waals surface area contributed by atoms with E-state index in [-0.39, 0.29) is 24.5 Å². The first-order chi connectivity index (χ1) is 14.1. The van der Waals surface area contributed by atoms with Crippen molar-refractivity contribution in [2.45, 2.75) is 51.5 Å². The smallest absolute Gasteiger partial charge is 0.258 e. The number of hydrogen-bond donors (Lipinski definition) is 1. The van der Waals surface area contributed by atoms with Crippen LogP contribution in [0.2, 0.25) is 0 Å². The molecule has 0 bridgehead atoms. The van der Waals surface area contributed by atoms with Gasteiger partial charge in [-0.2, -0.15) is 0 Å². The number of aryl methyl sites for hydroxylation is 2. The van der Waals surface area contributed by atoms with Gasteiger partial charge in [0, 0.05) is 24.7 Å². The maximum absolute atomic E-state index is 12.4. The Morgan fingerprint density at radius 3 is 2.69 bits per heavy atom. The molecule has 0 radical (unpaired) electrons. The summed E-state index contributed by atoms with van der Waals surface area (Å²) < 4.78 is 5.68. The molecule has 29 heavy (non-hydrogen) atoms. The number of benzene rings is 2. The second-order valence-corrected chi connectivity index (χ2v) is 7.96. The van der Waals surface area contributed by atoms with Crippen molar-refractivity contribution in [2.24, 2.45) is 0 Å². The Morgan fingerprint density at radius 2 is 1.90 bits per heavy atom. The second-order valence-electron chi connectivity index (χ2n) is 7.96. The number of rotatable bonds is 6. The van der Waals surface area contributed by atoms with Crippen LogP contribution in [0, 0.1) is 0 Å². The van der Waals surface area contributed by atoms with Gasteiger partial charge in [-0.25, -0.2) is 0 Å². The summed E-state index contributed by atoms with van der Waals surface area (Å²) in [6.45, 7) is 2.69. The maximum Gasteiger partial charge on any atom is 0.258 e. The van der Waals surface area contributed by atoms with Gasteiger partial charge in [-0.1, -0.05) is 24.3 Å². The monoisotopic (exact) mass is 392 g/mol. The highest BCUT2D eigenvalue weighted by molar-refractivity contribution is 5.95. The third-order valence-corrected chi connectivity index (χ3v) is 5.82. The van der Waals surface area contributed by atoms with E-state index in [2.05, 4.69) is 23.5 Å². The molecule has 1 heterocycles. The Hall–Kier alpha value is -2.82. The number of ether oxygens (including phenoxy) is 1. The SMILES string of the molecule is C[C@@H](NC(=O)COc1cccc(N2CCCC2=O)c1)c1ccc2c(c1)CCCC2. The van der Waals surface area contributed by atoms with Gasteiger partial charge in [0.2, 0.25) is 5.91 Å². The molecule has 1 fully saturated rings. The van der Waals surface area contributed by atoms with Gasteiger partial charge in [0.25, 0.3) is 5.91 Å². The van der Waals surface area contributed by atoms with Gasteiger partial charge in [-0.05, 0) is 67.9 Å². The minimum absolute atomic E-state index is 0.0489. The molecule has 5 nitrogen and oxygen atoms in total. The van der Waals surface area contributed by atoms with Crippen molar-refractivity contribution in [1.29, 1.82) is 0 Å². The molecule has 0 aromatic heterocycles. The lowest BCUT2D eigenvalue weighted by Crippen LogP contribution is -2.31. The average molecular weight is 392 g/mol. The number of nitrogens with one attached hydrogen (secondary N) is 1. The number of carbonyl (C=O) groups is 2. The third kappa shape index (κ3) is 4.61. The van der Waals surface area contributed by atoms with Crippen molar-refractivity contribution in [3.05, 3.63) is 59.2 Å². The lowest BCUT2D eigenvalue weighted by molar-refractivity contribution is -0.123. The zero-order valence-electron chi connectivity index (χ0n) is 16.9. The van der Waals surface area contributed by atoms with Gasteiger partial charge in [0.05, 0.1) is 6.04 Å². The second kappa shape index (κ2) is 8.68. The third-order valence-electron chi connectivity index (χ3n) is 5.82. The average Bonchev–Trinajstić information content (AvgIpc) is 3.18. The van der Waals surface area contributed by atoms with Gasteiger partial charge in [-0.3, -0.25) is 9.59 Å². The minimum atomic E-state index is -0.155. The van der Waals surface area contributed by atoms with Crippen LogP contribution in [0.25, 0.3) is 0 Å². The summed E-state index contributed by atoms with van der Waals surface area (Å²) in [6, 6.07) is 13.9. The van der Waals surface area contributed by atoms with Crippen LogP contribution in [0.3, 0.4) is 0 Å². The number of fused-ring (bicyclic) bond motifs is 1. The van der Waals surface area contributed by atoms with E-state index in [4.69, 9.17) is 4.74 Å². The molecule has 0 spiro atoms. The van der Waals surface area contributed by atoms with E-state index in [0.29, 0.717) is 12.2 Å². The molecule has 1 atom stereocenters. The van der Waals surface area contributed by atoms with E-state index in [1.165, 1.54) is 24.0 Å². The molecule has 4 rings (SSSR count). The van der Waals surface area contributed by atoms with Crippen LogP contribution in [0.1, 0.15) is 55.3 Å². The molecule has 152 valence electrons. The van der Waals surface area contributed by atoms with Crippen molar-refractivity contribution in [2.75, 3.05) is 18.1 Å².